The molecule has 0 radical (unpaired) electrons. The Labute approximate surface area is 108 Å². The summed E-state index contributed by atoms with van der Waals surface area (Å²) in [7, 11) is 0. The Hall–Kier alpha value is -2.19. The smallest absolute Gasteiger partial charge is 0.342 e. The number of hydrazine groups is 1. The minimum absolute atomic E-state index is 0.322. The molecule has 2 N–H and O–H groups in total. The number of rotatable bonds is 4. The molecule has 1 heterocycles. The van der Waals surface area contributed by atoms with E-state index in [-0.39, 0.29) is 5.56 Å². The molecule has 1 fully saturated rings. The molecule has 0 spiro atoms. The van der Waals surface area contributed by atoms with Gasteiger partial charge in [-0.15, -0.1) is 0 Å². The molecule has 0 amide bonds. The van der Waals surface area contributed by atoms with Crippen molar-refractivity contribution in [2.45, 2.75) is 0 Å². The predicted octanol–water partition coefficient (Wildman–Crippen LogP) is 0.952. The maximum atomic E-state index is 10.9. The Morgan fingerprint density at radius 2 is 2.11 bits per heavy atom. The van der Waals surface area contributed by atoms with E-state index in [0.29, 0.717) is 32.0 Å². The van der Waals surface area contributed by atoms with Crippen molar-refractivity contribution >= 4 is 17.3 Å². The van der Waals surface area contributed by atoms with Gasteiger partial charge in [-0.1, -0.05) is 0 Å². The standard InChI is InChI=1S/C11H13N3O5/c15-11(16)9-2-1-8(7-10(9)14(17)18)12-13-3-5-19-6-4-13/h1-2,7,12H,3-6H2,(H,15,16). The Balaban J connectivity index is 2.20. The molecule has 0 bridgehead atoms. The van der Waals surface area contributed by atoms with Crippen LogP contribution in [0.1, 0.15) is 10.4 Å². The number of benzene rings is 1. The van der Waals surface area contributed by atoms with Crippen LogP contribution >= 0.6 is 0 Å². The lowest BCUT2D eigenvalue weighted by Crippen LogP contribution is -2.40. The van der Waals surface area contributed by atoms with Crippen LogP contribution in [0, 0.1) is 10.1 Å². The monoisotopic (exact) mass is 267 g/mol. The number of nitrogens with zero attached hydrogens (tertiary/aromatic N) is 2. The van der Waals surface area contributed by atoms with Crippen LogP contribution in [0.15, 0.2) is 18.2 Å². The van der Waals surface area contributed by atoms with Crippen molar-refractivity contribution in [1.82, 2.24) is 5.01 Å². The molecule has 0 aromatic heterocycles. The third-order valence-electron chi connectivity index (χ3n) is 2.72. The summed E-state index contributed by atoms with van der Waals surface area (Å²) in [6, 6.07) is 3.95. The van der Waals surface area contributed by atoms with Gasteiger partial charge < -0.3 is 15.3 Å². The maximum Gasteiger partial charge on any atom is 0.342 e. The fourth-order valence-electron chi connectivity index (χ4n) is 1.79. The molecule has 2 rings (SSSR count). The van der Waals surface area contributed by atoms with Crippen molar-refractivity contribution in [1.29, 1.82) is 0 Å². The van der Waals surface area contributed by atoms with E-state index in [2.05, 4.69) is 5.43 Å². The minimum atomic E-state index is -1.32. The molecule has 0 atom stereocenters. The van der Waals surface area contributed by atoms with Crippen LogP contribution in [0.5, 0.6) is 0 Å². The largest absolute Gasteiger partial charge is 0.477 e. The Bertz CT molecular complexity index is 499. The van der Waals surface area contributed by atoms with Gasteiger partial charge in [-0.05, 0) is 12.1 Å². The fraction of sp³-hybridized carbons (Fsp3) is 0.364. The quantitative estimate of drug-likeness (QED) is 0.618. The maximum absolute atomic E-state index is 10.9. The molecule has 1 aliphatic heterocycles. The van der Waals surface area contributed by atoms with Crippen molar-refractivity contribution in [3.05, 3.63) is 33.9 Å². The van der Waals surface area contributed by atoms with Gasteiger partial charge in [0.15, 0.2) is 0 Å². The summed E-state index contributed by atoms with van der Waals surface area (Å²) in [6.07, 6.45) is 0. The highest BCUT2D eigenvalue weighted by Crippen LogP contribution is 2.23. The van der Waals surface area contributed by atoms with Crippen molar-refractivity contribution in [3.8, 4) is 0 Å². The lowest BCUT2D eigenvalue weighted by Gasteiger charge is -2.27. The van der Waals surface area contributed by atoms with Crippen molar-refractivity contribution in [2.24, 2.45) is 0 Å². The zero-order chi connectivity index (χ0) is 13.8. The van der Waals surface area contributed by atoms with E-state index in [1.165, 1.54) is 18.2 Å². The lowest BCUT2D eigenvalue weighted by atomic mass is 10.1. The SMILES string of the molecule is O=C(O)c1ccc(NN2CCOCC2)cc1[N+](=O)[O-]. The molecule has 1 aromatic carbocycles. The number of morpholine rings is 1. The fourth-order valence-corrected chi connectivity index (χ4v) is 1.79. The third-order valence-corrected chi connectivity index (χ3v) is 2.72. The van der Waals surface area contributed by atoms with Crippen LogP contribution in [-0.2, 0) is 4.74 Å². The van der Waals surface area contributed by atoms with Gasteiger partial charge in [-0.3, -0.25) is 10.1 Å². The predicted molar refractivity (Wildman–Crippen MR) is 66.1 cm³/mol. The topological polar surface area (TPSA) is 105 Å². The second-order valence-corrected chi connectivity index (χ2v) is 4.01. The Kier molecular flexibility index (Phi) is 3.93. The summed E-state index contributed by atoms with van der Waals surface area (Å²) in [5, 5.41) is 21.6. The molecule has 0 unspecified atom stereocenters. The number of aromatic carboxylic acids is 1. The summed E-state index contributed by atoms with van der Waals surface area (Å²) in [6.45, 7) is 2.49. The summed E-state index contributed by atoms with van der Waals surface area (Å²) < 4.78 is 5.18. The second-order valence-electron chi connectivity index (χ2n) is 4.01. The minimum Gasteiger partial charge on any atom is -0.477 e. The van der Waals surface area contributed by atoms with E-state index in [4.69, 9.17) is 9.84 Å². The number of carboxylic acid groups (broad SMARTS) is 1. The van der Waals surface area contributed by atoms with Gasteiger partial charge >= 0.3 is 5.97 Å². The number of carbonyl (C=O) groups is 1. The van der Waals surface area contributed by atoms with Gasteiger partial charge in [0.1, 0.15) is 5.56 Å². The first kappa shape index (κ1) is 13.2. The van der Waals surface area contributed by atoms with Crippen LogP contribution in [0.3, 0.4) is 0 Å². The van der Waals surface area contributed by atoms with Gasteiger partial charge in [-0.2, -0.15) is 0 Å². The van der Waals surface area contributed by atoms with Gasteiger partial charge in [-0.25, -0.2) is 9.80 Å². The van der Waals surface area contributed by atoms with Crippen LogP contribution < -0.4 is 5.43 Å². The van der Waals surface area contributed by atoms with Crippen molar-refractivity contribution < 1.29 is 19.6 Å². The first-order valence-electron chi connectivity index (χ1n) is 5.69. The van der Waals surface area contributed by atoms with Gasteiger partial charge in [0, 0.05) is 19.2 Å². The Morgan fingerprint density at radius 3 is 2.68 bits per heavy atom. The lowest BCUT2D eigenvalue weighted by molar-refractivity contribution is -0.385. The molecule has 0 aliphatic carbocycles. The number of hydrogen-bond acceptors (Lipinski definition) is 6. The molecule has 1 saturated heterocycles. The van der Waals surface area contributed by atoms with Crippen LogP contribution in [0.25, 0.3) is 0 Å². The number of ether oxygens (including phenoxy) is 1. The van der Waals surface area contributed by atoms with Crippen LogP contribution in [0.4, 0.5) is 11.4 Å². The van der Waals surface area contributed by atoms with Crippen LogP contribution in [-0.4, -0.2) is 47.3 Å². The molecule has 8 nitrogen and oxygen atoms in total. The number of nitrogens with one attached hydrogen (secondary N) is 1. The van der Waals surface area contributed by atoms with Crippen LogP contribution in [0.2, 0.25) is 0 Å². The van der Waals surface area contributed by atoms with E-state index in [1.54, 1.807) is 0 Å². The van der Waals surface area contributed by atoms with Gasteiger partial charge in [0.2, 0.25) is 0 Å². The zero-order valence-corrected chi connectivity index (χ0v) is 10.0. The summed E-state index contributed by atoms with van der Waals surface area (Å²) in [5.41, 5.74) is 2.74. The number of carboxylic acids is 1. The highest BCUT2D eigenvalue weighted by Gasteiger charge is 2.20. The van der Waals surface area contributed by atoms with E-state index >= 15 is 0 Å². The third kappa shape index (κ3) is 3.18. The summed E-state index contributed by atoms with van der Waals surface area (Å²) in [4.78, 5) is 21.0. The molecule has 8 heteroatoms. The number of hydrogen-bond donors (Lipinski definition) is 2. The van der Waals surface area contributed by atoms with Gasteiger partial charge in [0.05, 0.1) is 23.8 Å². The molecule has 1 aliphatic rings. The summed E-state index contributed by atoms with van der Waals surface area (Å²) in [5.74, 6) is -1.32. The number of nitro benzene ring substituents is 1. The molecule has 102 valence electrons. The van der Waals surface area contributed by atoms with E-state index in [0.717, 1.165) is 0 Å². The van der Waals surface area contributed by atoms with Crippen molar-refractivity contribution in [3.63, 3.8) is 0 Å². The molecule has 1 aromatic rings. The molecular formula is C11H13N3O5. The van der Waals surface area contributed by atoms with Crippen molar-refractivity contribution in [2.75, 3.05) is 31.7 Å². The van der Waals surface area contributed by atoms with E-state index in [9.17, 15) is 14.9 Å². The molecule has 0 saturated carbocycles. The second kappa shape index (κ2) is 5.63. The normalized spacial score (nSPS) is 16.0. The van der Waals surface area contributed by atoms with E-state index in [1.807, 2.05) is 5.01 Å². The number of anilines is 1. The van der Waals surface area contributed by atoms with E-state index < -0.39 is 16.6 Å². The molecule has 19 heavy (non-hydrogen) atoms. The average molecular weight is 267 g/mol. The summed E-state index contributed by atoms with van der Waals surface area (Å²) >= 11 is 0. The number of nitro groups is 1. The highest BCUT2D eigenvalue weighted by atomic mass is 16.6. The highest BCUT2D eigenvalue weighted by molar-refractivity contribution is 5.93. The average Bonchev–Trinajstić information content (AvgIpc) is 2.39. The zero-order valence-electron chi connectivity index (χ0n) is 10.0. The Morgan fingerprint density at radius 1 is 1.42 bits per heavy atom. The first-order chi connectivity index (χ1) is 9.08. The van der Waals surface area contributed by atoms with Gasteiger partial charge in [0.25, 0.3) is 5.69 Å². The first-order valence-corrected chi connectivity index (χ1v) is 5.69. The molecular weight excluding hydrogens is 254 g/mol.